The molecule has 0 aromatic heterocycles. The second kappa shape index (κ2) is 14.5. The quantitative estimate of drug-likeness (QED) is 0.110. The van der Waals surface area contributed by atoms with Crippen molar-refractivity contribution in [3.63, 3.8) is 0 Å². The molecule has 8 saturated heterocycles. The fourth-order valence-corrected chi connectivity index (χ4v) is 17.0. The van der Waals surface area contributed by atoms with Gasteiger partial charge in [-0.1, -0.05) is 6.92 Å². The Bertz CT molecular complexity index is 2390. The van der Waals surface area contributed by atoms with Gasteiger partial charge >= 0.3 is 35.8 Å². The maximum Gasteiger partial charge on any atom is 0.317 e. The number of esters is 4. The molecule has 2 aliphatic carbocycles. The number of hydrogen-bond acceptors (Lipinski definition) is 15. The summed E-state index contributed by atoms with van der Waals surface area (Å²) in [4.78, 5) is 78.6. The Hall–Kier alpha value is -4.00. The van der Waals surface area contributed by atoms with Crippen molar-refractivity contribution in [3.05, 3.63) is 33.4 Å². The summed E-state index contributed by atoms with van der Waals surface area (Å²) in [6.07, 6.45) is -1.41. The van der Waals surface area contributed by atoms with Gasteiger partial charge in [0.15, 0.2) is 0 Å². The van der Waals surface area contributed by atoms with Crippen LogP contribution in [0.15, 0.2) is 33.4 Å². The molecule has 24 atom stereocenters. The third-order valence-electron chi connectivity index (χ3n) is 19.3. The average Bonchev–Trinajstić information content (AvgIpc) is 4.11. The first-order valence-electron chi connectivity index (χ1n) is 24.6. The minimum Gasteiger partial charge on any atom is -0.481 e. The van der Waals surface area contributed by atoms with Crippen LogP contribution in [-0.2, 0) is 66.7 Å². The van der Waals surface area contributed by atoms with Crippen LogP contribution >= 0.6 is 0 Å². The molecule has 0 spiro atoms. The third-order valence-corrected chi connectivity index (χ3v) is 19.3. The van der Waals surface area contributed by atoms with Gasteiger partial charge in [0.2, 0.25) is 0 Å². The second-order valence-corrected chi connectivity index (χ2v) is 23.1. The highest BCUT2D eigenvalue weighted by Crippen LogP contribution is 2.71. The van der Waals surface area contributed by atoms with Crippen LogP contribution in [0.1, 0.15) is 73.1 Å². The molecule has 0 aromatic carbocycles. The minimum absolute atomic E-state index is 0.0239. The topological polar surface area (TPSA) is 237 Å². The zero-order valence-corrected chi connectivity index (χ0v) is 38.1. The predicted molar refractivity (Wildman–Crippen MR) is 223 cm³/mol. The fourth-order valence-electron chi connectivity index (χ4n) is 17.0. The predicted octanol–water partition coefficient (Wildman–Crippen LogP) is 2.95. The molecule has 17 nitrogen and oxygen atoms in total. The Balaban J connectivity index is 0.891. The molecule has 360 valence electrons. The van der Waals surface area contributed by atoms with Crippen LogP contribution in [0, 0.1) is 82.9 Å². The summed E-state index contributed by atoms with van der Waals surface area (Å²) in [7, 11) is 0. The molecule has 0 radical (unpaired) electrons. The molecule has 11 aliphatic heterocycles. The van der Waals surface area contributed by atoms with Crippen LogP contribution in [0.5, 0.6) is 0 Å². The molecule has 0 aromatic rings. The normalized spacial score (nSPS) is 49.5. The summed E-state index contributed by atoms with van der Waals surface area (Å²) in [5.74, 6) is -9.25. The summed E-state index contributed by atoms with van der Waals surface area (Å²) in [5.41, 5.74) is 5.67. The van der Waals surface area contributed by atoms with Crippen LogP contribution in [0.4, 0.5) is 0 Å². The van der Waals surface area contributed by atoms with E-state index in [4.69, 9.17) is 37.9 Å². The van der Waals surface area contributed by atoms with Gasteiger partial charge < -0.3 is 53.2 Å². The largest absolute Gasteiger partial charge is 0.481 e. The molecular weight excluding hydrogens is 873 g/mol. The zero-order valence-electron chi connectivity index (χ0n) is 38.1. The molecule has 3 N–H and O–H groups in total. The summed E-state index contributed by atoms with van der Waals surface area (Å²) in [6, 6.07) is 0. The number of rotatable bonds is 12. The van der Waals surface area contributed by atoms with E-state index in [9.17, 15) is 44.1 Å². The molecule has 13 aliphatic rings. The van der Waals surface area contributed by atoms with Crippen molar-refractivity contribution < 1.29 is 82.0 Å². The number of hydrogen-bond donors (Lipinski definition) is 3. The fraction of sp³-hybridized carbons (Fsp3) is 0.760. The Kier molecular flexibility index (Phi) is 9.34. The molecule has 0 amide bonds. The third kappa shape index (κ3) is 5.75. The van der Waals surface area contributed by atoms with E-state index >= 15 is 0 Å². The number of carboxylic acid groups (broad SMARTS) is 2. The van der Waals surface area contributed by atoms with Gasteiger partial charge in [-0.3, -0.25) is 28.8 Å². The molecule has 67 heavy (non-hydrogen) atoms. The highest BCUT2D eigenvalue weighted by atomic mass is 16.6. The Morgan fingerprint density at radius 2 is 1.22 bits per heavy atom. The number of aliphatic hydroxyl groups is 1. The van der Waals surface area contributed by atoms with Gasteiger partial charge in [-0.25, -0.2) is 0 Å². The van der Waals surface area contributed by atoms with E-state index in [1.165, 1.54) is 0 Å². The number of ether oxygens (including phenoxy) is 8. The number of carbonyl (C=O) groups is 6. The SMILES string of the molecule is CC1=C(CC2=C(CC3=C(CC4C(=O)OC(=O)C4C)C4OC3C3C5OC(C43)C3C4OC(C(C(=O)O)C4C(=O)O)C53)C3OC2C2C4CC(C(=O)OCCO)C(C4)C32)C2OC1CC2C(=O)OC(C)(C)C. The van der Waals surface area contributed by atoms with E-state index in [0.29, 0.717) is 25.7 Å². The van der Waals surface area contributed by atoms with Crippen molar-refractivity contribution in [3.8, 4) is 0 Å². The first-order chi connectivity index (χ1) is 31.9. The van der Waals surface area contributed by atoms with Gasteiger partial charge in [-0.05, 0) is 123 Å². The number of aliphatic carboxylic acids is 2. The lowest BCUT2D eigenvalue weighted by Gasteiger charge is -2.43. The van der Waals surface area contributed by atoms with Gasteiger partial charge in [-0.15, -0.1) is 0 Å². The lowest BCUT2D eigenvalue weighted by Crippen LogP contribution is -2.55. The van der Waals surface area contributed by atoms with E-state index in [1.54, 1.807) is 6.92 Å². The van der Waals surface area contributed by atoms with Crippen molar-refractivity contribution in [1.82, 2.24) is 0 Å². The summed E-state index contributed by atoms with van der Waals surface area (Å²) >= 11 is 0. The number of carboxylic acids is 2. The monoisotopic (exact) mass is 930 g/mol. The Labute approximate surface area is 386 Å². The molecule has 24 unspecified atom stereocenters. The molecule has 17 heteroatoms. The standard InChI is InChI=1S/C50H58O17/c1-14-17(35-25(13-26(14)61-35)49(59)67-50(3,4)5)10-20-22(37-28-19-8-16(27(28)36(20)62-37)9-24(19)47(57)60-7-6-51)12-23-21(11-18-15(2)46(56)66-48(18)58)38-29-30(39(23)63-38)41-32-31(40(29)64-41)42-33(44(52)53)34(45(54)55)43(32)65-42/h15-16,18-19,24-43,51H,6-13H2,1-5H3,(H,52,53)(H,54,55). The molecule has 2 saturated carbocycles. The van der Waals surface area contributed by atoms with Gasteiger partial charge in [-0.2, -0.15) is 0 Å². The highest BCUT2D eigenvalue weighted by molar-refractivity contribution is 5.96. The lowest BCUT2D eigenvalue weighted by molar-refractivity contribution is -0.161. The highest BCUT2D eigenvalue weighted by Gasteiger charge is 2.79. The Morgan fingerprint density at radius 1 is 0.642 bits per heavy atom. The van der Waals surface area contributed by atoms with Crippen LogP contribution < -0.4 is 0 Å². The first kappa shape index (κ1) is 43.1. The lowest BCUT2D eigenvalue weighted by atomic mass is 9.55. The zero-order chi connectivity index (χ0) is 46.6. The number of aliphatic hydroxyl groups excluding tert-OH is 1. The number of cyclic esters (lactones) is 2. The molecular formula is C50H58O17. The summed E-state index contributed by atoms with van der Waals surface area (Å²) < 4.78 is 50.6. The maximum absolute atomic E-state index is 13.7. The van der Waals surface area contributed by atoms with Crippen LogP contribution in [-0.4, -0.2) is 131 Å². The van der Waals surface area contributed by atoms with E-state index in [1.807, 2.05) is 20.8 Å². The van der Waals surface area contributed by atoms with E-state index in [-0.39, 0.29) is 103 Å². The minimum atomic E-state index is -1.21. The number of fused-ring (bicyclic) bond motifs is 27. The van der Waals surface area contributed by atoms with Crippen LogP contribution in [0.3, 0.4) is 0 Å². The van der Waals surface area contributed by atoms with E-state index < -0.39 is 102 Å². The Morgan fingerprint density at radius 3 is 1.81 bits per heavy atom. The van der Waals surface area contributed by atoms with E-state index in [2.05, 4.69) is 6.92 Å². The van der Waals surface area contributed by atoms with Crippen molar-refractivity contribution in [2.24, 2.45) is 82.9 Å². The van der Waals surface area contributed by atoms with Gasteiger partial charge in [0, 0.05) is 23.7 Å². The van der Waals surface area contributed by atoms with Crippen molar-refractivity contribution in [2.45, 2.75) is 140 Å². The second-order valence-electron chi connectivity index (χ2n) is 23.1. The van der Waals surface area contributed by atoms with Gasteiger partial charge in [0.25, 0.3) is 0 Å². The average molecular weight is 931 g/mol. The van der Waals surface area contributed by atoms with Crippen LogP contribution in [0.2, 0.25) is 0 Å². The van der Waals surface area contributed by atoms with Crippen molar-refractivity contribution >= 4 is 35.8 Å². The van der Waals surface area contributed by atoms with Gasteiger partial charge in [0.05, 0.1) is 103 Å². The number of carbonyl (C=O) groups excluding carboxylic acids is 4. The first-order valence-corrected chi connectivity index (χ1v) is 24.6. The molecule has 12 bridgehead atoms. The van der Waals surface area contributed by atoms with Crippen molar-refractivity contribution in [1.29, 1.82) is 0 Å². The molecule has 10 fully saturated rings. The molecule has 11 heterocycles. The van der Waals surface area contributed by atoms with Gasteiger partial charge in [0.1, 0.15) is 12.2 Å². The van der Waals surface area contributed by atoms with Crippen molar-refractivity contribution in [2.75, 3.05) is 13.2 Å². The molecule has 13 rings (SSSR count). The summed E-state index contributed by atoms with van der Waals surface area (Å²) in [5, 5.41) is 30.0. The maximum atomic E-state index is 13.7. The summed E-state index contributed by atoms with van der Waals surface area (Å²) in [6.45, 7) is 9.07. The van der Waals surface area contributed by atoms with E-state index in [0.717, 1.165) is 39.9 Å². The van der Waals surface area contributed by atoms with Crippen LogP contribution in [0.25, 0.3) is 0 Å². The smallest absolute Gasteiger partial charge is 0.317 e.